The Balaban J connectivity index is 0.000000256. The highest BCUT2D eigenvalue weighted by Gasteiger charge is 2.48. The molecule has 3 fully saturated rings. The normalized spacial score (nSPS) is 29.8. The lowest BCUT2D eigenvalue weighted by Gasteiger charge is -2.20. The maximum Gasteiger partial charge on any atom is 0.490 e. The first-order valence-corrected chi connectivity index (χ1v) is 8.68. The van der Waals surface area contributed by atoms with Gasteiger partial charge in [0.25, 0.3) is 0 Å². The number of carboxylic acid groups (broad SMARTS) is 1. The molecule has 3 atom stereocenters. The second-order valence-electron chi connectivity index (χ2n) is 5.92. The summed E-state index contributed by atoms with van der Waals surface area (Å²) in [6.45, 7) is 0. The molecule has 0 unspecified atom stereocenters. The van der Waals surface area contributed by atoms with Gasteiger partial charge < -0.3 is 15.3 Å². The van der Waals surface area contributed by atoms with Crippen molar-refractivity contribution < 1.29 is 27.9 Å². The molecule has 6 nitrogen and oxygen atoms in total. The van der Waals surface area contributed by atoms with Crippen LogP contribution in [0.15, 0.2) is 0 Å². The van der Waals surface area contributed by atoms with Crippen LogP contribution in [-0.4, -0.2) is 57.3 Å². The van der Waals surface area contributed by atoms with Crippen LogP contribution in [0.2, 0.25) is 0 Å². The van der Waals surface area contributed by atoms with Gasteiger partial charge >= 0.3 is 12.1 Å². The van der Waals surface area contributed by atoms with Gasteiger partial charge in [-0.2, -0.15) is 18.4 Å². The topological polar surface area (TPSA) is 93.4 Å². The predicted octanol–water partition coefficient (Wildman–Crippen LogP) is 1.72. The zero-order chi connectivity index (χ0) is 17.9. The van der Waals surface area contributed by atoms with Gasteiger partial charge in [-0.1, -0.05) is 12.8 Å². The Morgan fingerprint density at radius 1 is 1.38 bits per heavy atom. The summed E-state index contributed by atoms with van der Waals surface area (Å²) in [6, 6.07) is 2.52. The summed E-state index contributed by atoms with van der Waals surface area (Å²) in [5, 5.41) is 19.9. The van der Waals surface area contributed by atoms with Gasteiger partial charge in [-0.05, 0) is 12.8 Å². The number of amides is 1. The summed E-state index contributed by atoms with van der Waals surface area (Å²) >= 11 is 1.75. The molecular weight excluding hydrogens is 347 g/mol. The highest BCUT2D eigenvalue weighted by Crippen LogP contribution is 2.38. The van der Waals surface area contributed by atoms with Crippen molar-refractivity contribution in [2.45, 2.75) is 61.8 Å². The Kier molecular flexibility index (Phi) is 5.98. The van der Waals surface area contributed by atoms with Crippen LogP contribution < -0.4 is 5.32 Å². The highest BCUT2D eigenvalue weighted by molar-refractivity contribution is 8.00. The van der Waals surface area contributed by atoms with Crippen LogP contribution in [0.25, 0.3) is 0 Å². The van der Waals surface area contributed by atoms with Crippen molar-refractivity contribution in [1.82, 2.24) is 10.2 Å². The predicted molar refractivity (Wildman–Crippen MR) is 80.0 cm³/mol. The van der Waals surface area contributed by atoms with Crippen LogP contribution in [0.5, 0.6) is 0 Å². The Hall–Kier alpha value is -1.47. The Morgan fingerprint density at radius 3 is 2.46 bits per heavy atom. The Bertz CT molecular complexity index is 532. The number of carbonyl (C=O) groups is 2. The fourth-order valence-corrected chi connectivity index (χ4v) is 4.52. The van der Waals surface area contributed by atoms with Crippen molar-refractivity contribution in [1.29, 1.82) is 5.26 Å². The molecule has 0 bridgehead atoms. The molecule has 0 aromatic rings. The van der Waals surface area contributed by atoms with Gasteiger partial charge in [0.05, 0.1) is 17.5 Å². The summed E-state index contributed by atoms with van der Waals surface area (Å²) in [5.74, 6) is -1.82. The van der Waals surface area contributed by atoms with Crippen LogP contribution in [0.1, 0.15) is 32.1 Å². The molecule has 1 amide bonds. The zero-order valence-electron chi connectivity index (χ0n) is 12.8. The molecule has 134 valence electrons. The smallest absolute Gasteiger partial charge is 0.475 e. The van der Waals surface area contributed by atoms with Gasteiger partial charge in [0.15, 0.2) is 0 Å². The fourth-order valence-electron chi connectivity index (χ4n) is 3.14. The largest absolute Gasteiger partial charge is 0.490 e. The molecule has 2 heterocycles. The molecule has 24 heavy (non-hydrogen) atoms. The first-order valence-electron chi connectivity index (χ1n) is 7.63. The van der Waals surface area contributed by atoms with Gasteiger partial charge in [-0.15, -0.1) is 11.8 Å². The number of nitrogens with zero attached hydrogens (tertiary/aromatic N) is 2. The quantitative estimate of drug-likeness (QED) is 0.774. The molecule has 0 aromatic heterocycles. The van der Waals surface area contributed by atoms with Gasteiger partial charge in [-0.25, -0.2) is 4.79 Å². The van der Waals surface area contributed by atoms with Crippen molar-refractivity contribution in [3.8, 4) is 6.07 Å². The highest BCUT2D eigenvalue weighted by atomic mass is 32.2. The zero-order valence-corrected chi connectivity index (χ0v) is 13.6. The minimum atomic E-state index is -5.08. The number of fused-ring (bicyclic) bond motifs is 1. The van der Waals surface area contributed by atoms with E-state index in [1.165, 1.54) is 25.7 Å². The van der Waals surface area contributed by atoms with E-state index in [-0.39, 0.29) is 23.4 Å². The second-order valence-corrected chi connectivity index (χ2v) is 7.13. The number of thioether (sulfide) groups is 1. The molecule has 0 aromatic carbocycles. The number of hydrogen-bond donors (Lipinski definition) is 2. The minimum Gasteiger partial charge on any atom is -0.475 e. The summed E-state index contributed by atoms with van der Waals surface area (Å²) in [5.41, 5.74) is 0. The third-order valence-electron chi connectivity index (χ3n) is 4.27. The van der Waals surface area contributed by atoms with E-state index in [0.717, 1.165) is 12.2 Å². The number of halogens is 3. The van der Waals surface area contributed by atoms with E-state index in [1.807, 2.05) is 0 Å². The molecule has 1 saturated carbocycles. The van der Waals surface area contributed by atoms with Crippen LogP contribution in [0.3, 0.4) is 0 Å². The molecule has 10 heteroatoms. The molecule has 2 saturated heterocycles. The van der Waals surface area contributed by atoms with Crippen LogP contribution >= 0.6 is 11.8 Å². The standard InChI is InChI=1S/C12H17N3OS.C2HF3O2/c13-6-9-7-17-11-5-10(12(16)15(9)11)14-8-3-1-2-4-8;3-2(4,5)1(6)7/h8-11,14H,1-5,7H2;(H,6,7)/t9-,10-,11+;/m1./s1. The average Bonchev–Trinajstić information content (AvgIpc) is 3.19. The van der Waals surface area contributed by atoms with Crippen molar-refractivity contribution >= 4 is 23.6 Å². The van der Waals surface area contributed by atoms with Crippen molar-refractivity contribution in [2.75, 3.05) is 5.75 Å². The number of nitriles is 1. The number of rotatable bonds is 2. The van der Waals surface area contributed by atoms with E-state index < -0.39 is 12.1 Å². The number of aliphatic carboxylic acids is 1. The van der Waals surface area contributed by atoms with Gasteiger partial charge in [0.1, 0.15) is 6.04 Å². The molecule has 0 spiro atoms. The second kappa shape index (κ2) is 7.61. The molecule has 0 radical (unpaired) electrons. The molecule has 2 N–H and O–H groups in total. The molecule has 3 aliphatic rings. The van der Waals surface area contributed by atoms with E-state index in [4.69, 9.17) is 15.2 Å². The van der Waals surface area contributed by atoms with Crippen LogP contribution in [-0.2, 0) is 9.59 Å². The third kappa shape index (κ3) is 4.33. The third-order valence-corrected chi connectivity index (χ3v) is 5.58. The minimum absolute atomic E-state index is 0.0354. The molecule has 3 rings (SSSR count). The van der Waals surface area contributed by atoms with E-state index in [2.05, 4.69) is 11.4 Å². The first-order chi connectivity index (χ1) is 11.2. The van der Waals surface area contributed by atoms with Gasteiger partial charge in [-0.3, -0.25) is 4.79 Å². The van der Waals surface area contributed by atoms with Gasteiger partial charge in [0.2, 0.25) is 5.91 Å². The summed E-state index contributed by atoms with van der Waals surface area (Å²) in [6.07, 6.45) is 0.743. The summed E-state index contributed by atoms with van der Waals surface area (Å²) in [7, 11) is 0. The maximum absolute atomic E-state index is 12.2. The fraction of sp³-hybridized carbons (Fsp3) is 0.786. The SMILES string of the molecule is N#C[C@@H]1CS[C@H]2C[C@@H](NC3CCCC3)C(=O)N12.O=C(O)C(F)(F)F. The van der Waals surface area contributed by atoms with E-state index >= 15 is 0 Å². The maximum atomic E-state index is 12.2. The van der Waals surface area contributed by atoms with E-state index in [1.54, 1.807) is 16.7 Å². The Labute approximate surface area is 141 Å². The number of carbonyl (C=O) groups excluding carboxylic acids is 1. The lowest BCUT2D eigenvalue weighted by molar-refractivity contribution is -0.192. The van der Waals surface area contributed by atoms with Gasteiger partial charge in [0, 0.05) is 18.2 Å². The monoisotopic (exact) mass is 365 g/mol. The van der Waals surface area contributed by atoms with E-state index in [9.17, 15) is 18.0 Å². The van der Waals surface area contributed by atoms with Crippen LogP contribution in [0, 0.1) is 11.3 Å². The first kappa shape index (κ1) is 18.9. The van der Waals surface area contributed by atoms with Crippen molar-refractivity contribution in [3.63, 3.8) is 0 Å². The number of alkyl halides is 3. The van der Waals surface area contributed by atoms with E-state index in [0.29, 0.717) is 6.04 Å². The number of hydrogen-bond acceptors (Lipinski definition) is 5. The molecule has 2 aliphatic heterocycles. The van der Waals surface area contributed by atoms with Crippen LogP contribution in [0.4, 0.5) is 13.2 Å². The average molecular weight is 365 g/mol. The lowest BCUT2D eigenvalue weighted by atomic mass is 10.2. The summed E-state index contributed by atoms with van der Waals surface area (Å²) < 4.78 is 31.7. The molecular formula is C14H18F3N3O3S. The van der Waals surface area contributed by atoms with Crippen molar-refractivity contribution in [3.05, 3.63) is 0 Å². The van der Waals surface area contributed by atoms with Crippen molar-refractivity contribution in [2.24, 2.45) is 0 Å². The molecule has 1 aliphatic carbocycles. The Morgan fingerprint density at radius 2 is 1.96 bits per heavy atom. The lowest BCUT2D eigenvalue weighted by Crippen LogP contribution is -2.45. The number of nitrogens with one attached hydrogen (secondary N) is 1. The number of carboxylic acids is 1. The summed E-state index contributed by atoms with van der Waals surface area (Å²) in [4.78, 5) is 22.9.